The standard InChI is InChI=1S/C16H13BrN4/c17-13-8-4-5-11(9-13)10-14-19-15(21-16(18)20-14)12-6-2-1-3-7-12/h1-9H,10H2,(H2,18,19,20,21). The molecule has 0 amide bonds. The van der Waals surface area contributed by atoms with Gasteiger partial charge in [-0.05, 0) is 17.7 Å². The van der Waals surface area contributed by atoms with Crippen molar-refractivity contribution < 1.29 is 0 Å². The minimum atomic E-state index is 0.244. The summed E-state index contributed by atoms with van der Waals surface area (Å²) in [6.45, 7) is 0. The van der Waals surface area contributed by atoms with Crippen LogP contribution in [0.5, 0.6) is 0 Å². The largest absolute Gasteiger partial charge is 0.368 e. The van der Waals surface area contributed by atoms with Gasteiger partial charge < -0.3 is 5.73 Å². The maximum atomic E-state index is 5.81. The van der Waals surface area contributed by atoms with Crippen LogP contribution in [0.4, 0.5) is 5.95 Å². The fourth-order valence-electron chi connectivity index (χ4n) is 2.06. The second-order valence-electron chi connectivity index (χ2n) is 4.61. The van der Waals surface area contributed by atoms with Gasteiger partial charge >= 0.3 is 0 Å². The summed E-state index contributed by atoms with van der Waals surface area (Å²) in [5, 5.41) is 0. The van der Waals surface area contributed by atoms with Gasteiger partial charge in [0.05, 0.1) is 0 Å². The number of benzene rings is 2. The van der Waals surface area contributed by atoms with E-state index in [1.54, 1.807) is 0 Å². The molecule has 3 rings (SSSR count). The highest BCUT2D eigenvalue weighted by atomic mass is 79.9. The molecule has 0 fully saturated rings. The summed E-state index contributed by atoms with van der Waals surface area (Å²) < 4.78 is 1.03. The number of nitrogens with two attached hydrogens (primary N) is 1. The Labute approximate surface area is 131 Å². The van der Waals surface area contributed by atoms with E-state index in [2.05, 4.69) is 30.9 Å². The van der Waals surface area contributed by atoms with Crippen molar-refractivity contribution in [2.24, 2.45) is 0 Å². The normalized spacial score (nSPS) is 10.5. The van der Waals surface area contributed by atoms with Crippen LogP contribution in [0, 0.1) is 0 Å². The van der Waals surface area contributed by atoms with E-state index in [-0.39, 0.29) is 5.95 Å². The van der Waals surface area contributed by atoms with Crippen molar-refractivity contribution in [1.29, 1.82) is 0 Å². The molecule has 1 aromatic heterocycles. The van der Waals surface area contributed by atoms with Crippen LogP contribution in [0.3, 0.4) is 0 Å². The average molecular weight is 341 g/mol. The van der Waals surface area contributed by atoms with E-state index in [4.69, 9.17) is 5.73 Å². The van der Waals surface area contributed by atoms with Crippen molar-refractivity contribution >= 4 is 21.9 Å². The van der Waals surface area contributed by atoms with Crippen LogP contribution in [-0.4, -0.2) is 15.0 Å². The molecule has 0 saturated heterocycles. The first-order valence-corrected chi connectivity index (χ1v) is 7.30. The van der Waals surface area contributed by atoms with Crippen LogP contribution >= 0.6 is 15.9 Å². The molecule has 0 radical (unpaired) electrons. The molecule has 21 heavy (non-hydrogen) atoms. The number of aromatic nitrogens is 3. The van der Waals surface area contributed by atoms with E-state index < -0.39 is 0 Å². The zero-order valence-electron chi connectivity index (χ0n) is 11.2. The van der Waals surface area contributed by atoms with Crippen LogP contribution in [0.1, 0.15) is 11.4 Å². The van der Waals surface area contributed by atoms with Gasteiger partial charge in [0.2, 0.25) is 5.95 Å². The van der Waals surface area contributed by atoms with Crippen molar-refractivity contribution in [2.45, 2.75) is 6.42 Å². The van der Waals surface area contributed by atoms with E-state index in [0.717, 1.165) is 15.6 Å². The summed E-state index contributed by atoms with van der Waals surface area (Å²) in [5.74, 6) is 1.52. The SMILES string of the molecule is Nc1nc(Cc2cccc(Br)c2)nc(-c2ccccc2)n1. The molecule has 0 spiro atoms. The van der Waals surface area contributed by atoms with E-state index in [1.807, 2.05) is 54.6 Å². The monoisotopic (exact) mass is 340 g/mol. The molecule has 0 aliphatic rings. The fourth-order valence-corrected chi connectivity index (χ4v) is 2.51. The van der Waals surface area contributed by atoms with Gasteiger partial charge in [-0.15, -0.1) is 0 Å². The summed E-state index contributed by atoms with van der Waals surface area (Å²) in [6.07, 6.45) is 0.617. The zero-order chi connectivity index (χ0) is 14.7. The Morgan fingerprint density at radius 2 is 1.71 bits per heavy atom. The third-order valence-electron chi connectivity index (χ3n) is 2.98. The number of halogens is 1. The lowest BCUT2D eigenvalue weighted by atomic mass is 10.1. The lowest BCUT2D eigenvalue weighted by molar-refractivity contribution is 0.935. The van der Waals surface area contributed by atoms with E-state index in [1.165, 1.54) is 0 Å². The quantitative estimate of drug-likeness (QED) is 0.792. The molecule has 3 aromatic rings. The van der Waals surface area contributed by atoms with Gasteiger partial charge in [-0.25, -0.2) is 4.98 Å². The molecular weight excluding hydrogens is 328 g/mol. The second kappa shape index (κ2) is 6.01. The Morgan fingerprint density at radius 1 is 0.905 bits per heavy atom. The maximum Gasteiger partial charge on any atom is 0.223 e. The lowest BCUT2D eigenvalue weighted by Crippen LogP contribution is -2.05. The molecule has 0 aliphatic heterocycles. The molecule has 0 atom stereocenters. The number of rotatable bonds is 3. The number of hydrogen-bond acceptors (Lipinski definition) is 4. The van der Waals surface area contributed by atoms with E-state index >= 15 is 0 Å². The van der Waals surface area contributed by atoms with Gasteiger partial charge in [0.25, 0.3) is 0 Å². The van der Waals surface area contributed by atoms with Gasteiger partial charge in [0.1, 0.15) is 5.82 Å². The fraction of sp³-hybridized carbons (Fsp3) is 0.0625. The topological polar surface area (TPSA) is 64.7 Å². The minimum absolute atomic E-state index is 0.244. The highest BCUT2D eigenvalue weighted by Gasteiger charge is 2.07. The predicted molar refractivity (Wildman–Crippen MR) is 86.6 cm³/mol. The first kappa shape index (κ1) is 13.7. The zero-order valence-corrected chi connectivity index (χ0v) is 12.8. The van der Waals surface area contributed by atoms with Crippen LogP contribution in [0.25, 0.3) is 11.4 Å². The maximum absolute atomic E-state index is 5.81. The Morgan fingerprint density at radius 3 is 2.48 bits per heavy atom. The Balaban J connectivity index is 1.95. The number of anilines is 1. The highest BCUT2D eigenvalue weighted by Crippen LogP contribution is 2.17. The van der Waals surface area contributed by atoms with Gasteiger partial charge in [-0.3, -0.25) is 0 Å². The van der Waals surface area contributed by atoms with Crippen molar-refractivity contribution in [1.82, 2.24) is 15.0 Å². The number of hydrogen-bond donors (Lipinski definition) is 1. The highest BCUT2D eigenvalue weighted by molar-refractivity contribution is 9.10. The number of nitrogens with zero attached hydrogens (tertiary/aromatic N) is 3. The molecule has 0 bridgehead atoms. The Hall–Kier alpha value is -2.27. The first-order chi connectivity index (χ1) is 10.2. The second-order valence-corrected chi connectivity index (χ2v) is 5.52. The van der Waals surface area contributed by atoms with Gasteiger partial charge in [0, 0.05) is 16.5 Å². The minimum Gasteiger partial charge on any atom is -0.368 e. The summed E-state index contributed by atoms with van der Waals surface area (Å²) in [5.41, 5.74) is 7.86. The van der Waals surface area contributed by atoms with Crippen molar-refractivity contribution in [3.05, 3.63) is 70.5 Å². The van der Waals surface area contributed by atoms with Crippen LogP contribution in [-0.2, 0) is 6.42 Å². The van der Waals surface area contributed by atoms with Gasteiger partial charge in [0.15, 0.2) is 5.82 Å². The smallest absolute Gasteiger partial charge is 0.223 e. The van der Waals surface area contributed by atoms with Gasteiger partial charge in [-0.1, -0.05) is 58.4 Å². The van der Waals surface area contributed by atoms with E-state index in [0.29, 0.717) is 18.1 Å². The predicted octanol–water partition coefficient (Wildman–Crippen LogP) is 3.47. The number of nitrogen functional groups attached to an aromatic ring is 1. The summed E-state index contributed by atoms with van der Waals surface area (Å²) in [6, 6.07) is 17.8. The van der Waals surface area contributed by atoms with Crippen LogP contribution < -0.4 is 5.73 Å². The summed E-state index contributed by atoms with van der Waals surface area (Å²) in [7, 11) is 0. The van der Waals surface area contributed by atoms with Crippen LogP contribution in [0.15, 0.2) is 59.1 Å². The third kappa shape index (κ3) is 3.44. The molecule has 2 N–H and O–H groups in total. The molecule has 0 saturated carbocycles. The van der Waals surface area contributed by atoms with Crippen molar-refractivity contribution in [3.63, 3.8) is 0 Å². The molecule has 1 heterocycles. The Bertz CT molecular complexity index is 759. The first-order valence-electron chi connectivity index (χ1n) is 6.51. The molecule has 104 valence electrons. The molecule has 2 aromatic carbocycles. The van der Waals surface area contributed by atoms with Crippen molar-refractivity contribution in [2.75, 3.05) is 5.73 Å². The molecular formula is C16H13BrN4. The third-order valence-corrected chi connectivity index (χ3v) is 3.48. The lowest BCUT2D eigenvalue weighted by Gasteiger charge is -2.05. The van der Waals surface area contributed by atoms with Crippen LogP contribution in [0.2, 0.25) is 0 Å². The van der Waals surface area contributed by atoms with Crippen molar-refractivity contribution in [3.8, 4) is 11.4 Å². The average Bonchev–Trinajstić information content (AvgIpc) is 2.47. The van der Waals surface area contributed by atoms with E-state index in [9.17, 15) is 0 Å². The molecule has 0 aliphatic carbocycles. The van der Waals surface area contributed by atoms with Gasteiger partial charge in [-0.2, -0.15) is 9.97 Å². The summed E-state index contributed by atoms with van der Waals surface area (Å²) >= 11 is 3.46. The molecule has 4 nitrogen and oxygen atoms in total. The Kier molecular flexibility index (Phi) is 3.92. The molecule has 0 unspecified atom stereocenters. The summed E-state index contributed by atoms with van der Waals surface area (Å²) in [4.78, 5) is 12.9. The molecule has 5 heteroatoms.